The van der Waals surface area contributed by atoms with Crippen LogP contribution in [0.1, 0.15) is 11.1 Å². The lowest BCUT2D eigenvalue weighted by atomic mass is 10.2. The molecule has 0 unspecified atom stereocenters. The van der Waals surface area contributed by atoms with Crippen LogP contribution in [0.15, 0.2) is 43.0 Å². The van der Waals surface area contributed by atoms with Crippen molar-refractivity contribution >= 4 is 82.7 Å². The molecule has 0 radical (unpaired) electrons. The minimum atomic E-state index is -3.68. The van der Waals surface area contributed by atoms with Crippen LogP contribution < -0.4 is 9.80 Å². The van der Waals surface area contributed by atoms with Gasteiger partial charge in [0.2, 0.25) is 0 Å². The molecule has 12 heteroatoms. The predicted octanol–water partition coefficient (Wildman–Crippen LogP) is 4.74. The van der Waals surface area contributed by atoms with Crippen LogP contribution in [0.25, 0.3) is 0 Å². The summed E-state index contributed by atoms with van der Waals surface area (Å²) in [6.45, 7) is 1.82. The highest BCUT2D eigenvalue weighted by Gasteiger charge is 2.23. The number of halogens is 4. The first-order valence-electron chi connectivity index (χ1n) is 8.75. The predicted molar refractivity (Wildman–Crippen MR) is 128 cm³/mol. The Morgan fingerprint density at radius 1 is 0.733 bits per heavy atom. The third kappa shape index (κ3) is 5.10. The maximum Gasteiger partial charge on any atom is 0.262 e. The van der Waals surface area contributed by atoms with Crippen molar-refractivity contribution in [3.8, 4) is 0 Å². The summed E-state index contributed by atoms with van der Waals surface area (Å²) in [6.07, 6.45) is 1.88. The van der Waals surface area contributed by atoms with E-state index in [-0.39, 0.29) is 9.79 Å². The van der Waals surface area contributed by atoms with E-state index in [4.69, 9.17) is 21.4 Å². The molecule has 2 aromatic carbocycles. The summed E-state index contributed by atoms with van der Waals surface area (Å²) in [7, 11) is 7.18. The molecule has 2 aliphatic rings. The van der Waals surface area contributed by atoms with Crippen molar-refractivity contribution in [1.29, 1.82) is 0 Å². The van der Waals surface area contributed by atoms with Crippen LogP contribution in [0, 0.1) is 0 Å². The molecule has 0 saturated carbocycles. The summed E-state index contributed by atoms with van der Waals surface area (Å²) in [5, 5.41) is 0. The second-order valence-electron chi connectivity index (χ2n) is 7.04. The Morgan fingerprint density at radius 3 is 1.37 bits per heavy atom. The largest absolute Gasteiger partial charge is 0.374 e. The third-order valence-electron chi connectivity index (χ3n) is 5.05. The zero-order valence-corrected chi connectivity index (χ0v) is 22.3. The second kappa shape index (κ2) is 8.78. The van der Waals surface area contributed by atoms with Crippen LogP contribution in [0.5, 0.6) is 0 Å². The lowest BCUT2D eigenvalue weighted by Gasteiger charge is -2.13. The monoisotopic (exact) mass is 618 g/mol. The van der Waals surface area contributed by atoms with Crippen molar-refractivity contribution in [1.82, 2.24) is 0 Å². The first-order valence-corrected chi connectivity index (χ1v) is 15.0. The molecular weight excluding hydrogens is 603 g/mol. The fourth-order valence-corrected chi connectivity index (χ4v) is 7.94. The number of hydrogen-bond donors (Lipinski definition) is 0. The summed E-state index contributed by atoms with van der Waals surface area (Å²) in [6, 6.07) is 6.89. The van der Waals surface area contributed by atoms with Crippen molar-refractivity contribution in [2.45, 2.75) is 22.6 Å². The lowest BCUT2D eigenvalue weighted by Crippen LogP contribution is -2.12. The molecule has 0 N–H and O–H groups in total. The number of anilines is 2. The van der Waals surface area contributed by atoms with E-state index in [0.717, 1.165) is 48.4 Å². The van der Waals surface area contributed by atoms with Crippen molar-refractivity contribution < 1.29 is 16.8 Å². The number of rotatable bonds is 2. The Labute approximate surface area is 202 Å². The topological polar surface area (TPSA) is 74.8 Å². The fraction of sp³-hybridized carbons (Fsp3) is 0.333. The Kier molecular flexibility index (Phi) is 7.07. The highest BCUT2D eigenvalue weighted by atomic mass is 79.9. The normalized spacial score (nSPS) is 15.5. The van der Waals surface area contributed by atoms with E-state index in [1.54, 1.807) is 12.1 Å². The average Bonchev–Trinajstić information content (AvgIpc) is 3.15. The van der Waals surface area contributed by atoms with E-state index in [1.165, 1.54) is 0 Å². The van der Waals surface area contributed by atoms with E-state index in [9.17, 15) is 16.8 Å². The van der Waals surface area contributed by atoms with Crippen LogP contribution in [-0.4, -0.2) is 44.0 Å². The lowest BCUT2D eigenvalue weighted by molar-refractivity contribution is 0.607. The molecule has 164 valence electrons. The van der Waals surface area contributed by atoms with Gasteiger partial charge in [-0.2, -0.15) is 0 Å². The van der Waals surface area contributed by atoms with Gasteiger partial charge in [0.25, 0.3) is 18.1 Å². The number of nitrogens with zero attached hydrogens (tertiary/aromatic N) is 2. The van der Waals surface area contributed by atoms with Crippen LogP contribution in [0.2, 0.25) is 0 Å². The maximum atomic E-state index is 11.3. The van der Waals surface area contributed by atoms with Crippen molar-refractivity contribution in [3.63, 3.8) is 0 Å². The zero-order chi connectivity index (χ0) is 22.4. The fourth-order valence-electron chi connectivity index (χ4n) is 3.47. The molecule has 4 rings (SSSR count). The zero-order valence-electron chi connectivity index (χ0n) is 16.0. The smallest absolute Gasteiger partial charge is 0.262 e. The van der Waals surface area contributed by atoms with E-state index in [1.807, 2.05) is 36.0 Å². The van der Waals surface area contributed by atoms with E-state index < -0.39 is 18.1 Å². The molecule has 0 saturated heterocycles. The summed E-state index contributed by atoms with van der Waals surface area (Å²) < 4.78 is 46.2. The molecule has 30 heavy (non-hydrogen) atoms. The highest BCUT2D eigenvalue weighted by Crippen LogP contribution is 2.36. The van der Waals surface area contributed by atoms with Gasteiger partial charge in [-0.3, -0.25) is 0 Å². The van der Waals surface area contributed by atoms with Crippen LogP contribution in [0.3, 0.4) is 0 Å². The summed E-state index contributed by atoms with van der Waals surface area (Å²) in [4.78, 5) is 4.31. The van der Waals surface area contributed by atoms with Gasteiger partial charge in [-0.15, -0.1) is 0 Å². The van der Waals surface area contributed by atoms with Gasteiger partial charge in [-0.1, -0.05) is 0 Å². The van der Waals surface area contributed by atoms with Gasteiger partial charge in [-0.05, 0) is 80.1 Å². The molecule has 2 aliphatic heterocycles. The minimum Gasteiger partial charge on any atom is -0.374 e. The number of hydrogen-bond acceptors (Lipinski definition) is 6. The molecule has 0 fully saturated rings. The van der Waals surface area contributed by atoms with Crippen LogP contribution >= 0.6 is 53.2 Å². The maximum absolute atomic E-state index is 11.3. The molecule has 0 aromatic heterocycles. The van der Waals surface area contributed by atoms with E-state index in [2.05, 4.69) is 31.9 Å². The van der Waals surface area contributed by atoms with E-state index >= 15 is 0 Å². The Morgan fingerprint density at radius 2 is 1.07 bits per heavy atom. The number of fused-ring (bicyclic) bond motifs is 2. The van der Waals surface area contributed by atoms with Crippen molar-refractivity contribution in [2.75, 3.05) is 37.0 Å². The molecule has 0 amide bonds. The Balaban J connectivity index is 0.000000171. The molecule has 0 aliphatic carbocycles. The van der Waals surface area contributed by atoms with Crippen molar-refractivity contribution in [2.24, 2.45) is 0 Å². The quantitative estimate of drug-likeness (QED) is 0.452. The van der Waals surface area contributed by atoms with E-state index in [0.29, 0.717) is 8.95 Å². The SMILES string of the molecule is CN1CCc2cc(Br)c(S(=O)(=O)Cl)cc21.CN1CCc2cc(Br)c(S(=O)(=O)Cl)cc21. The molecule has 2 aromatic rings. The van der Waals surface area contributed by atoms with Gasteiger partial charge in [0.05, 0.1) is 9.79 Å². The molecule has 0 bridgehead atoms. The molecule has 2 heterocycles. The first kappa shape index (κ1) is 24.1. The summed E-state index contributed by atoms with van der Waals surface area (Å²) in [5.41, 5.74) is 4.18. The Bertz CT molecular complexity index is 1130. The highest BCUT2D eigenvalue weighted by molar-refractivity contribution is 9.10. The number of likely N-dealkylation sites (N-methyl/N-ethyl adjacent to an activating group) is 2. The van der Waals surface area contributed by atoms with Gasteiger partial charge >= 0.3 is 0 Å². The summed E-state index contributed by atoms with van der Waals surface area (Å²) in [5.74, 6) is 0. The molecular formula is C18H18Br2Cl2N2O4S2. The molecule has 0 spiro atoms. The van der Waals surface area contributed by atoms with Gasteiger partial charge < -0.3 is 9.80 Å². The van der Waals surface area contributed by atoms with Gasteiger partial charge in [0.1, 0.15) is 0 Å². The third-order valence-corrected chi connectivity index (χ3v) is 9.61. The minimum absolute atomic E-state index is 0.136. The van der Waals surface area contributed by atoms with Gasteiger partial charge in [0.15, 0.2) is 0 Å². The van der Waals surface area contributed by atoms with Crippen LogP contribution in [0.4, 0.5) is 11.4 Å². The van der Waals surface area contributed by atoms with Gasteiger partial charge in [0, 0.05) is 68.9 Å². The van der Waals surface area contributed by atoms with Gasteiger partial charge in [-0.25, -0.2) is 16.8 Å². The average molecular weight is 621 g/mol. The summed E-state index contributed by atoms with van der Waals surface area (Å²) >= 11 is 6.45. The Hall–Kier alpha value is -0.520. The number of benzene rings is 2. The second-order valence-corrected chi connectivity index (χ2v) is 13.8. The molecule has 0 atom stereocenters. The van der Waals surface area contributed by atoms with Crippen LogP contribution in [-0.2, 0) is 30.9 Å². The molecule has 6 nitrogen and oxygen atoms in total. The van der Waals surface area contributed by atoms with Crippen molar-refractivity contribution in [3.05, 3.63) is 44.3 Å². The first-order chi connectivity index (χ1) is 13.8. The standard InChI is InChI=1S/2C9H9BrClNO2S/c2*1-12-3-2-6-4-7(10)9(5-8(6)12)15(11,13)14/h2*4-5H,2-3H2,1H3.